The number of aromatic nitrogens is 2. The topological polar surface area (TPSA) is 67.4 Å². The van der Waals surface area contributed by atoms with E-state index in [9.17, 15) is 4.79 Å². The Morgan fingerprint density at radius 2 is 2.17 bits per heavy atom. The summed E-state index contributed by atoms with van der Waals surface area (Å²) < 4.78 is 6.36. The number of nitrogens with zero attached hydrogens (tertiary/aromatic N) is 3. The van der Waals surface area contributed by atoms with E-state index in [0.717, 1.165) is 48.8 Å². The summed E-state index contributed by atoms with van der Waals surface area (Å²) in [4.78, 5) is 23.4. The van der Waals surface area contributed by atoms with Crippen LogP contribution in [0.25, 0.3) is 10.2 Å². The summed E-state index contributed by atoms with van der Waals surface area (Å²) >= 11 is 2.98. The number of carbonyl (C=O) groups excluding carboxylic acids is 1. The molecule has 0 aliphatic carbocycles. The Hall–Kier alpha value is -1.87. The van der Waals surface area contributed by atoms with Crippen LogP contribution in [0.4, 0.5) is 5.13 Å². The molecule has 1 fully saturated rings. The molecule has 0 radical (unpaired) electrons. The Labute approximate surface area is 147 Å². The Balaban J connectivity index is 1.41. The first kappa shape index (κ1) is 15.6. The summed E-state index contributed by atoms with van der Waals surface area (Å²) in [6.07, 6.45) is 0. The standard InChI is InChI=1S/C16H16N4O2S2/c21-15(11-1-2-13-14(7-11)24-10-17-13)19-16-18-12(9-23-16)8-20-3-5-22-6-4-20/h1-2,7,9-10H,3-6,8H2,(H,18,19,21). The molecule has 24 heavy (non-hydrogen) atoms. The van der Waals surface area contributed by atoms with Gasteiger partial charge in [0.15, 0.2) is 5.13 Å². The fourth-order valence-corrected chi connectivity index (χ4v) is 4.00. The molecule has 8 heteroatoms. The van der Waals surface area contributed by atoms with E-state index in [-0.39, 0.29) is 5.91 Å². The number of anilines is 1. The fourth-order valence-electron chi connectivity index (χ4n) is 2.59. The minimum atomic E-state index is -0.141. The quantitative estimate of drug-likeness (QED) is 0.775. The summed E-state index contributed by atoms with van der Waals surface area (Å²) in [7, 11) is 0. The van der Waals surface area contributed by atoms with E-state index in [1.165, 1.54) is 22.7 Å². The first-order valence-corrected chi connectivity index (χ1v) is 9.43. The van der Waals surface area contributed by atoms with Crippen LogP contribution in [0.15, 0.2) is 29.1 Å². The number of benzene rings is 1. The maximum absolute atomic E-state index is 12.4. The van der Waals surface area contributed by atoms with Crippen LogP contribution in [0.3, 0.4) is 0 Å². The number of morpholine rings is 1. The van der Waals surface area contributed by atoms with Gasteiger partial charge in [-0.05, 0) is 18.2 Å². The third-order valence-corrected chi connectivity index (χ3v) is 5.45. The predicted octanol–water partition coefficient (Wildman–Crippen LogP) is 2.84. The van der Waals surface area contributed by atoms with Crippen LogP contribution >= 0.6 is 22.7 Å². The Bertz CT molecular complexity index is 855. The van der Waals surface area contributed by atoms with Crippen LogP contribution in [0.1, 0.15) is 16.1 Å². The van der Waals surface area contributed by atoms with E-state index in [1.807, 2.05) is 17.5 Å². The van der Waals surface area contributed by atoms with Gasteiger partial charge in [-0.25, -0.2) is 9.97 Å². The highest BCUT2D eigenvalue weighted by atomic mass is 32.1. The third-order valence-electron chi connectivity index (χ3n) is 3.85. The largest absolute Gasteiger partial charge is 0.379 e. The molecule has 0 spiro atoms. The third kappa shape index (κ3) is 3.46. The van der Waals surface area contributed by atoms with E-state index in [1.54, 1.807) is 11.6 Å². The van der Waals surface area contributed by atoms with Gasteiger partial charge in [0.1, 0.15) is 0 Å². The number of hydrogen-bond donors (Lipinski definition) is 1. The van der Waals surface area contributed by atoms with Gasteiger partial charge in [-0.15, -0.1) is 22.7 Å². The van der Waals surface area contributed by atoms with Gasteiger partial charge in [0.25, 0.3) is 5.91 Å². The van der Waals surface area contributed by atoms with Gasteiger partial charge >= 0.3 is 0 Å². The summed E-state index contributed by atoms with van der Waals surface area (Å²) in [5.41, 5.74) is 4.30. The number of amides is 1. The van der Waals surface area contributed by atoms with E-state index < -0.39 is 0 Å². The molecule has 0 atom stereocenters. The minimum Gasteiger partial charge on any atom is -0.379 e. The number of carbonyl (C=O) groups is 1. The van der Waals surface area contributed by atoms with Crippen molar-refractivity contribution in [2.24, 2.45) is 0 Å². The van der Waals surface area contributed by atoms with Crippen LogP contribution in [0.5, 0.6) is 0 Å². The van der Waals surface area contributed by atoms with Crippen LogP contribution < -0.4 is 5.32 Å². The highest BCUT2D eigenvalue weighted by molar-refractivity contribution is 7.16. The summed E-state index contributed by atoms with van der Waals surface area (Å²) in [5.74, 6) is -0.141. The maximum atomic E-state index is 12.4. The minimum absolute atomic E-state index is 0.141. The fraction of sp³-hybridized carbons (Fsp3) is 0.312. The number of ether oxygens (including phenoxy) is 1. The molecule has 2 aromatic heterocycles. The van der Waals surface area contributed by atoms with E-state index in [2.05, 4.69) is 20.2 Å². The molecule has 0 saturated carbocycles. The lowest BCUT2D eigenvalue weighted by molar-refractivity contribution is 0.0337. The number of nitrogens with one attached hydrogen (secondary N) is 1. The van der Waals surface area contributed by atoms with Crippen molar-refractivity contribution >= 4 is 43.9 Å². The van der Waals surface area contributed by atoms with E-state index >= 15 is 0 Å². The molecular weight excluding hydrogens is 344 g/mol. The smallest absolute Gasteiger partial charge is 0.257 e. The molecule has 1 aliphatic heterocycles. The zero-order valence-corrected chi connectivity index (χ0v) is 14.5. The molecule has 124 valence electrons. The number of thiazole rings is 2. The zero-order valence-electron chi connectivity index (χ0n) is 12.9. The van der Waals surface area contributed by atoms with Crippen LogP contribution in [0.2, 0.25) is 0 Å². The first-order chi connectivity index (χ1) is 11.8. The molecule has 4 rings (SSSR count). The van der Waals surface area contributed by atoms with Gasteiger partial charge in [-0.1, -0.05) is 0 Å². The summed E-state index contributed by atoms with van der Waals surface area (Å²) in [6, 6.07) is 5.52. The molecule has 3 heterocycles. The molecular formula is C16H16N4O2S2. The summed E-state index contributed by atoms with van der Waals surface area (Å²) in [6.45, 7) is 4.19. The molecule has 1 aromatic carbocycles. The molecule has 1 aliphatic rings. The highest BCUT2D eigenvalue weighted by Gasteiger charge is 2.14. The van der Waals surface area contributed by atoms with Gasteiger partial charge in [0.05, 0.1) is 34.6 Å². The second-order valence-electron chi connectivity index (χ2n) is 5.52. The zero-order chi connectivity index (χ0) is 16.4. The molecule has 0 bridgehead atoms. The van der Waals surface area contributed by atoms with Crippen molar-refractivity contribution in [1.29, 1.82) is 0 Å². The van der Waals surface area contributed by atoms with Gasteiger partial charge in [0.2, 0.25) is 0 Å². The first-order valence-electron chi connectivity index (χ1n) is 7.67. The van der Waals surface area contributed by atoms with Crippen LogP contribution in [0, 0.1) is 0 Å². The van der Waals surface area contributed by atoms with Crippen LogP contribution in [-0.4, -0.2) is 47.1 Å². The van der Waals surface area contributed by atoms with Gasteiger partial charge < -0.3 is 4.74 Å². The Morgan fingerprint density at radius 3 is 3.04 bits per heavy atom. The molecule has 6 nitrogen and oxygen atoms in total. The average molecular weight is 360 g/mol. The molecule has 1 saturated heterocycles. The lowest BCUT2D eigenvalue weighted by Crippen LogP contribution is -2.35. The predicted molar refractivity (Wildman–Crippen MR) is 95.8 cm³/mol. The van der Waals surface area contributed by atoms with Crippen molar-refractivity contribution in [3.8, 4) is 0 Å². The van der Waals surface area contributed by atoms with Gasteiger partial charge in [0, 0.05) is 30.6 Å². The normalized spacial score (nSPS) is 15.7. The molecule has 1 amide bonds. The van der Waals surface area contributed by atoms with Crippen LogP contribution in [-0.2, 0) is 11.3 Å². The highest BCUT2D eigenvalue weighted by Crippen LogP contribution is 2.21. The van der Waals surface area contributed by atoms with Crippen molar-refractivity contribution in [3.05, 3.63) is 40.3 Å². The second-order valence-corrected chi connectivity index (χ2v) is 7.27. The molecule has 1 N–H and O–H groups in total. The van der Waals surface area contributed by atoms with Crippen molar-refractivity contribution < 1.29 is 9.53 Å². The van der Waals surface area contributed by atoms with Gasteiger partial charge in [-0.2, -0.15) is 0 Å². The number of rotatable bonds is 4. The SMILES string of the molecule is O=C(Nc1nc(CN2CCOCC2)cs1)c1ccc2ncsc2c1. The summed E-state index contributed by atoms with van der Waals surface area (Å²) in [5, 5.41) is 5.51. The van der Waals surface area contributed by atoms with E-state index in [4.69, 9.17) is 4.74 Å². The Kier molecular flexibility index (Phi) is 4.52. The van der Waals surface area contributed by atoms with Crippen molar-refractivity contribution in [3.63, 3.8) is 0 Å². The monoisotopic (exact) mass is 360 g/mol. The average Bonchev–Trinajstić information content (AvgIpc) is 3.24. The number of hydrogen-bond acceptors (Lipinski definition) is 7. The van der Waals surface area contributed by atoms with E-state index in [0.29, 0.717) is 10.7 Å². The second kappa shape index (κ2) is 6.94. The van der Waals surface area contributed by atoms with Crippen molar-refractivity contribution in [2.45, 2.75) is 6.54 Å². The lowest BCUT2D eigenvalue weighted by atomic mass is 10.2. The van der Waals surface area contributed by atoms with Crippen molar-refractivity contribution in [1.82, 2.24) is 14.9 Å². The Morgan fingerprint density at radius 1 is 1.29 bits per heavy atom. The molecule has 0 unspecified atom stereocenters. The maximum Gasteiger partial charge on any atom is 0.257 e. The van der Waals surface area contributed by atoms with Gasteiger partial charge in [-0.3, -0.25) is 15.0 Å². The lowest BCUT2D eigenvalue weighted by Gasteiger charge is -2.25. The molecule has 3 aromatic rings. The number of fused-ring (bicyclic) bond motifs is 1. The van der Waals surface area contributed by atoms with Crippen molar-refractivity contribution in [2.75, 3.05) is 31.6 Å².